The molecule has 2 amide bonds. The normalized spacial score (nSPS) is 11.8. The van der Waals surface area contributed by atoms with Crippen molar-refractivity contribution < 1.29 is 14.3 Å². The molecule has 0 bridgehead atoms. The minimum Gasteiger partial charge on any atom is -0.483 e. The number of hydrogen-bond donors (Lipinski definition) is 1. The Bertz CT molecular complexity index is 896. The number of hydrogen-bond acceptors (Lipinski definition) is 3. The second-order valence-electron chi connectivity index (χ2n) is 8.48. The van der Waals surface area contributed by atoms with E-state index in [1.54, 1.807) is 4.90 Å². The standard InChI is InChI=1S/C26H35BrN2O3/c1-6-20-12-13-24(22(27)14-20)32-17-25(30)29(16-21-10-8-19(5)9-11-21)23(7-2)26(31)28-15-18(3)4/h8-14,18,23H,6-7,15-17H2,1-5H3,(H,28,31). The SMILES string of the molecule is CCc1ccc(OCC(=O)N(Cc2ccc(C)cc2)C(CC)C(=O)NCC(C)C)c(Br)c1. The molecule has 1 unspecified atom stereocenters. The predicted molar refractivity (Wildman–Crippen MR) is 133 cm³/mol. The van der Waals surface area contributed by atoms with Crippen LogP contribution in [0.5, 0.6) is 5.75 Å². The van der Waals surface area contributed by atoms with Crippen LogP contribution in [-0.4, -0.2) is 35.9 Å². The summed E-state index contributed by atoms with van der Waals surface area (Å²) in [5.74, 6) is 0.603. The van der Waals surface area contributed by atoms with Crippen LogP contribution in [0.4, 0.5) is 0 Å². The van der Waals surface area contributed by atoms with E-state index in [2.05, 4.69) is 28.2 Å². The zero-order valence-electron chi connectivity index (χ0n) is 19.8. The number of rotatable bonds is 11. The quantitative estimate of drug-likeness (QED) is 0.454. The van der Waals surface area contributed by atoms with Gasteiger partial charge in [0.1, 0.15) is 11.8 Å². The molecule has 2 aromatic carbocycles. The van der Waals surface area contributed by atoms with Crippen LogP contribution in [0.3, 0.4) is 0 Å². The van der Waals surface area contributed by atoms with Crippen LogP contribution >= 0.6 is 15.9 Å². The number of nitrogens with one attached hydrogen (secondary N) is 1. The maximum Gasteiger partial charge on any atom is 0.261 e. The van der Waals surface area contributed by atoms with Gasteiger partial charge in [0.2, 0.25) is 5.91 Å². The summed E-state index contributed by atoms with van der Waals surface area (Å²) < 4.78 is 6.65. The van der Waals surface area contributed by atoms with E-state index in [1.165, 1.54) is 5.56 Å². The van der Waals surface area contributed by atoms with Gasteiger partial charge in [0.25, 0.3) is 5.91 Å². The summed E-state index contributed by atoms with van der Waals surface area (Å²) in [7, 11) is 0. The number of aryl methyl sites for hydroxylation is 2. The van der Waals surface area contributed by atoms with Crippen molar-refractivity contribution in [3.05, 3.63) is 63.6 Å². The average Bonchev–Trinajstić information content (AvgIpc) is 2.77. The molecule has 0 radical (unpaired) electrons. The summed E-state index contributed by atoms with van der Waals surface area (Å²) in [6.45, 7) is 10.9. The molecule has 0 saturated carbocycles. The Kier molecular flexibility index (Phi) is 10.2. The number of carbonyl (C=O) groups is 2. The Hall–Kier alpha value is -2.34. The summed E-state index contributed by atoms with van der Waals surface area (Å²) in [6.07, 6.45) is 1.45. The zero-order valence-corrected chi connectivity index (χ0v) is 21.4. The number of halogens is 1. The van der Waals surface area contributed by atoms with E-state index >= 15 is 0 Å². The van der Waals surface area contributed by atoms with Crippen molar-refractivity contribution in [2.45, 2.75) is 60.0 Å². The third-order valence-electron chi connectivity index (χ3n) is 5.30. The maximum atomic E-state index is 13.3. The lowest BCUT2D eigenvalue weighted by Gasteiger charge is -2.31. The van der Waals surface area contributed by atoms with Crippen LogP contribution in [0.2, 0.25) is 0 Å². The van der Waals surface area contributed by atoms with Gasteiger partial charge >= 0.3 is 0 Å². The van der Waals surface area contributed by atoms with Gasteiger partial charge in [-0.15, -0.1) is 0 Å². The van der Waals surface area contributed by atoms with Gasteiger partial charge in [0.15, 0.2) is 6.61 Å². The van der Waals surface area contributed by atoms with Gasteiger partial charge < -0.3 is 15.0 Å². The second kappa shape index (κ2) is 12.6. The van der Waals surface area contributed by atoms with E-state index in [9.17, 15) is 9.59 Å². The summed E-state index contributed by atoms with van der Waals surface area (Å²) in [4.78, 5) is 27.8. The summed E-state index contributed by atoms with van der Waals surface area (Å²) >= 11 is 3.52. The number of amides is 2. The Balaban J connectivity index is 2.20. The van der Waals surface area contributed by atoms with E-state index in [0.29, 0.717) is 31.2 Å². The van der Waals surface area contributed by atoms with E-state index < -0.39 is 6.04 Å². The first-order valence-electron chi connectivity index (χ1n) is 11.3. The van der Waals surface area contributed by atoms with Crippen molar-refractivity contribution in [2.24, 2.45) is 5.92 Å². The first kappa shape index (κ1) is 25.9. The highest BCUT2D eigenvalue weighted by Crippen LogP contribution is 2.26. The first-order valence-corrected chi connectivity index (χ1v) is 12.1. The fraction of sp³-hybridized carbons (Fsp3) is 0.462. The third kappa shape index (κ3) is 7.66. The molecular formula is C26H35BrN2O3. The number of nitrogens with zero attached hydrogens (tertiary/aromatic N) is 1. The lowest BCUT2D eigenvalue weighted by molar-refractivity contribution is -0.143. The van der Waals surface area contributed by atoms with Crippen LogP contribution in [-0.2, 0) is 22.6 Å². The Labute approximate surface area is 200 Å². The van der Waals surface area contributed by atoms with Gasteiger partial charge in [-0.3, -0.25) is 9.59 Å². The first-order chi connectivity index (χ1) is 15.2. The molecule has 1 atom stereocenters. The molecule has 2 rings (SSSR count). The van der Waals surface area contributed by atoms with Gasteiger partial charge in [0.05, 0.1) is 4.47 Å². The van der Waals surface area contributed by atoms with Crippen molar-refractivity contribution in [2.75, 3.05) is 13.2 Å². The monoisotopic (exact) mass is 502 g/mol. The molecule has 0 aliphatic carbocycles. The number of benzene rings is 2. The van der Waals surface area contributed by atoms with Gasteiger partial charge in [-0.1, -0.05) is 63.6 Å². The van der Waals surface area contributed by atoms with Gasteiger partial charge in [-0.2, -0.15) is 0 Å². The molecule has 174 valence electrons. The molecular weight excluding hydrogens is 468 g/mol. The second-order valence-corrected chi connectivity index (χ2v) is 9.33. The number of carbonyl (C=O) groups excluding carboxylic acids is 2. The van der Waals surface area contributed by atoms with E-state index in [1.807, 2.05) is 70.2 Å². The highest BCUT2D eigenvalue weighted by atomic mass is 79.9. The lowest BCUT2D eigenvalue weighted by Crippen LogP contribution is -2.50. The van der Waals surface area contributed by atoms with Crippen molar-refractivity contribution in [3.63, 3.8) is 0 Å². The summed E-state index contributed by atoms with van der Waals surface area (Å²) in [6, 6.07) is 13.3. The molecule has 0 fully saturated rings. The molecule has 0 heterocycles. The topological polar surface area (TPSA) is 58.6 Å². The van der Waals surface area contributed by atoms with Crippen LogP contribution < -0.4 is 10.1 Å². The highest BCUT2D eigenvalue weighted by Gasteiger charge is 2.29. The molecule has 0 aliphatic heterocycles. The van der Waals surface area contributed by atoms with Crippen molar-refractivity contribution >= 4 is 27.7 Å². The maximum absolute atomic E-state index is 13.3. The highest BCUT2D eigenvalue weighted by molar-refractivity contribution is 9.10. The fourth-order valence-electron chi connectivity index (χ4n) is 3.34. The molecule has 6 heteroatoms. The fourth-order valence-corrected chi connectivity index (χ4v) is 3.88. The molecule has 1 N–H and O–H groups in total. The molecule has 0 aromatic heterocycles. The molecule has 32 heavy (non-hydrogen) atoms. The zero-order chi connectivity index (χ0) is 23.7. The predicted octanol–water partition coefficient (Wildman–Crippen LogP) is 5.28. The Morgan fingerprint density at radius 2 is 1.72 bits per heavy atom. The smallest absolute Gasteiger partial charge is 0.261 e. The van der Waals surface area contributed by atoms with Crippen LogP contribution in [0.15, 0.2) is 46.9 Å². The van der Waals surface area contributed by atoms with E-state index in [-0.39, 0.29) is 18.4 Å². The molecule has 0 spiro atoms. The largest absolute Gasteiger partial charge is 0.483 e. The molecule has 0 aliphatic rings. The summed E-state index contributed by atoms with van der Waals surface area (Å²) in [5, 5.41) is 2.98. The molecule has 5 nitrogen and oxygen atoms in total. The molecule has 2 aromatic rings. The Morgan fingerprint density at radius 1 is 1.06 bits per heavy atom. The number of ether oxygens (including phenoxy) is 1. The van der Waals surface area contributed by atoms with Gasteiger partial charge in [-0.25, -0.2) is 0 Å². The molecule has 0 saturated heterocycles. The Morgan fingerprint density at radius 3 is 2.28 bits per heavy atom. The van der Waals surface area contributed by atoms with E-state index in [0.717, 1.165) is 22.0 Å². The minimum absolute atomic E-state index is 0.129. The lowest BCUT2D eigenvalue weighted by atomic mass is 10.1. The van der Waals surface area contributed by atoms with Crippen molar-refractivity contribution in [3.8, 4) is 5.75 Å². The van der Waals surface area contributed by atoms with Crippen molar-refractivity contribution in [1.29, 1.82) is 0 Å². The third-order valence-corrected chi connectivity index (χ3v) is 5.92. The van der Waals surface area contributed by atoms with Crippen LogP contribution in [0, 0.1) is 12.8 Å². The average molecular weight is 503 g/mol. The van der Waals surface area contributed by atoms with Gasteiger partial charge in [-0.05, 0) is 64.9 Å². The van der Waals surface area contributed by atoms with Crippen LogP contribution in [0.1, 0.15) is 50.8 Å². The van der Waals surface area contributed by atoms with Gasteiger partial charge in [0, 0.05) is 13.1 Å². The van der Waals surface area contributed by atoms with Crippen LogP contribution in [0.25, 0.3) is 0 Å². The summed E-state index contributed by atoms with van der Waals surface area (Å²) in [5.41, 5.74) is 3.31. The van der Waals surface area contributed by atoms with E-state index in [4.69, 9.17) is 4.74 Å². The van der Waals surface area contributed by atoms with Crippen molar-refractivity contribution in [1.82, 2.24) is 10.2 Å². The minimum atomic E-state index is -0.558.